The summed E-state index contributed by atoms with van der Waals surface area (Å²) >= 11 is 0. The lowest BCUT2D eigenvalue weighted by molar-refractivity contribution is 0.122. The summed E-state index contributed by atoms with van der Waals surface area (Å²) < 4.78 is 43.4. The number of alkyl halides is 2. The maximum Gasteiger partial charge on any atom is 0.258 e. The minimum atomic E-state index is -2.62. The second-order valence-electron chi connectivity index (χ2n) is 8.48. The zero-order chi connectivity index (χ0) is 23.1. The predicted octanol–water partition coefficient (Wildman–Crippen LogP) is 3.97. The number of hydrogen-bond acceptors (Lipinski definition) is 7. The van der Waals surface area contributed by atoms with Crippen LogP contribution in [-0.2, 0) is 6.54 Å². The fourth-order valence-electron chi connectivity index (χ4n) is 4.37. The summed E-state index contributed by atoms with van der Waals surface area (Å²) in [6, 6.07) is 3.43. The normalized spacial score (nSPS) is 19.0. The molecule has 1 fully saturated rings. The average molecular weight is 459 g/mol. The Labute approximate surface area is 187 Å². The van der Waals surface area contributed by atoms with E-state index in [1.54, 1.807) is 19.2 Å². The van der Waals surface area contributed by atoms with Crippen LogP contribution in [0.2, 0.25) is 0 Å². The van der Waals surface area contributed by atoms with Gasteiger partial charge in [-0.3, -0.25) is 0 Å². The molecule has 0 aliphatic heterocycles. The van der Waals surface area contributed by atoms with Crippen LogP contribution in [-0.4, -0.2) is 54.1 Å². The van der Waals surface area contributed by atoms with E-state index in [2.05, 4.69) is 42.9 Å². The standard InChI is InChI=1S/C21H24F3N9/c1-11-3-5-12(6-4-11)26-21-28-19(25-2)18-17(13(22)9-32(18)30-21)14-7-8-15-20(27-14)33(31-29-15)10-16(23)24/h7-9,11-12,16H,3-6,10H2,1-2H3,(H2,25,26,28,30). The molecule has 1 saturated carbocycles. The monoisotopic (exact) mass is 459 g/mol. The van der Waals surface area contributed by atoms with Crippen molar-refractivity contribution in [3.05, 3.63) is 24.1 Å². The molecule has 0 aromatic carbocycles. The fraction of sp³-hybridized carbons (Fsp3) is 0.476. The van der Waals surface area contributed by atoms with Gasteiger partial charge >= 0.3 is 0 Å². The predicted molar refractivity (Wildman–Crippen MR) is 118 cm³/mol. The summed E-state index contributed by atoms with van der Waals surface area (Å²) in [7, 11) is 1.70. The molecule has 0 bridgehead atoms. The Bertz CT molecular complexity index is 1290. The molecule has 5 rings (SSSR count). The Hall–Kier alpha value is -3.44. The number of nitrogens with zero attached hydrogens (tertiary/aromatic N) is 7. The van der Waals surface area contributed by atoms with Crippen LogP contribution < -0.4 is 10.6 Å². The van der Waals surface area contributed by atoms with Crippen molar-refractivity contribution in [2.24, 2.45) is 5.92 Å². The Kier molecular flexibility index (Phi) is 5.51. The van der Waals surface area contributed by atoms with Crippen molar-refractivity contribution < 1.29 is 13.2 Å². The first-order chi connectivity index (χ1) is 15.9. The van der Waals surface area contributed by atoms with E-state index in [0.717, 1.165) is 36.3 Å². The lowest BCUT2D eigenvalue weighted by Gasteiger charge is -2.26. The highest BCUT2D eigenvalue weighted by molar-refractivity contribution is 5.89. The van der Waals surface area contributed by atoms with Gasteiger partial charge in [0.25, 0.3) is 6.43 Å². The first-order valence-electron chi connectivity index (χ1n) is 10.9. The highest BCUT2D eigenvalue weighted by atomic mass is 19.3. The third kappa shape index (κ3) is 4.05. The van der Waals surface area contributed by atoms with Crippen LogP contribution in [0.4, 0.5) is 24.9 Å². The van der Waals surface area contributed by atoms with Gasteiger partial charge in [0.05, 0.1) is 17.5 Å². The molecule has 0 saturated heterocycles. The molecule has 1 aliphatic carbocycles. The molecule has 4 aromatic heterocycles. The second kappa shape index (κ2) is 8.49. The van der Waals surface area contributed by atoms with Crippen LogP contribution in [0.5, 0.6) is 0 Å². The van der Waals surface area contributed by atoms with Gasteiger partial charge in [-0.05, 0) is 43.7 Å². The van der Waals surface area contributed by atoms with E-state index >= 15 is 4.39 Å². The van der Waals surface area contributed by atoms with E-state index < -0.39 is 18.8 Å². The molecular formula is C21H24F3N9. The molecule has 1 aliphatic rings. The third-order valence-corrected chi connectivity index (χ3v) is 6.10. The summed E-state index contributed by atoms with van der Waals surface area (Å²) in [6.07, 6.45) is 3.01. The second-order valence-corrected chi connectivity index (χ2v) is 8.48. The number of anilines is 2. The molecule has 0 amide bonds. The summed E-state index contributed by atoms with van der Waals surface area (Å²) in [6.45, 7) is 1.61. The van der Waals surface area contributed by atoms with Crippen molar-refractivity contribution in [3.63, 3.8) is 0 Å². The molecular weight excluding hydrogens is 435 g/mol. The van der Waals surface area contributed by atoms with Gasteiger partial charge in [0.15, 0.2) is 17.3 Å². The summed E-state index contributed by atoms with van der Waals surface area (Å²) in [4.78, 5) is 8.96. The Morgan fingerprint density at radius 3 is 2.67 bits per heavy atom. The topological polar surface area (TPSA) is 97.9 Å². The van der Waals surface area contributed by atoms with Crippen molar-refractivity contribution >= 4 is 28.4 Å². The molecule has 9 nitrogen and oxygen atoms in total. The van der Waals surface area contributed by atoms with Gasteiger partial charge in [0, 0.05) is 13.1 Å². The average Bonchev–Trinajstić information content (AvgIpc) is 3.33. The molecule has 0 spiro atoms. The number of rotatable bonds is 6. The van der Waals surface area contributed by atoms with Crippen molar-refractivity contribution in [1.29, 1.82) is 0 Å². The Morgan fingerprint density at radius 1 is 1.15 bits per heavy atom. The van der Waals surface area contributed by atoms with Crippen LogP contribution in [0.25, 0.3) is 27.9 Å². The molecule has 33 heavy (non-hydrogen) atoms. The number of pyridine rings is 1. The van der Waals surface area contributed by atoms with Crippen LogP contribution in [0.15, 0.2) is 18.3 Å². The number of hydrogen-bond donors (Lipinski definition) is 2. The van der Waals surface area contributed by atoms with Crippen molar-refractivity contribution in [3.8, 4) is 11.3 Å². The van der Waals surface area contributed by atoms with Crippen molar-refractivity contribution in [2.45, 2.75) is 51.6 Å². The van der Waals surface area contributed by atoms with Crippen molar-refractivity contribution in [2.75, 3.05) is 17.7 Å². The molecule has 174 valence electrons. The third-order valence-electron chi connectivity index (χ3n) is 6.10. The summed E-state index contributed by atoms with van der Waals surface area (Å²) in [5.74, 6) is 1.01. The van der Waals surface area contributed by atoms with E-state index in [0.29, 0.717) is 22.8 Å². The van der Waals surface area contributed by atoms with Crippen molar-refractivity contribution in [1.82, 2.24) is 34.6 Å². The van der Waals surface area contributed by atoms with E-state index in [4.69, 9.17) is 0 Å². The van der Waals surface area contributed by atoms with Crippen LogP contribution >= 0.6 is 0 Å². The highest BCUT2D eigenvalue weighted by Crippen LogP contribution is 2.33. The molecule has 4 aromatic rings. The summed E-state index contributed by atoms with van der Waals surface area (Å²) in [5, 5.41) is 18.4. The highest BCUT2D eigenvalue weighted by Gasteiger charge is 2.23. The van der Waals surface area contributed by atoms with E-state index in [1.165, 1.54) is 10.7 Å². The molecule has 12 heteroatoms. The first kappa shape index (κ1) is 21.4. The zero-order valence-corrected chi connectivity index (χ0v) is 18.3. The smallest absolute Gasteiger partial charge is 0.258 e. The van der Waals surface area contributed by atoms with Crippen LogP contribution in [0.3, 0.4) is 0 Å². The fourth-order valence-corrected chi connectivity index (χ4v) is 4.37. The van der Waals surface area contributed by atoms with Gasteiger partial charge in [-0.15, -0.1) is 10.2 Å². The lowest BCUT2D eigenvalue weighted by Crippen LogP contribution is -2.26. The van der Waals surface area contributed by atoms with Gasteiger partial charge in [-0.2, -0.15) is 4.98 Å². The number of nitrogens with one attached hydrogen (secondary N) is 2. The summed E-state index contributed by atoms with van der Waals surface area (Å²) in [5.41, 5.74) is 1.33. The van der Waals surface area contributed by atoms with Gasteiger partial charge in [-0.25, -0.2) is 27.4 Å². The first-order valence-corrected chi connectivity index (χ1v) is 10.9. The Balaban J connectivity index is 1.55. The SMILES string of the molecule is CNc1nc(NC2CCC(C)CC2)nn2cc(F)c(-c3ccc4nnn(CC(F)F)c4n3)c12. The van der Waals surface area contributed by atoms with Gasteiger partial charge in [0.1, 0.15) is 17.6 Å². The number of halogens is 3. The molecule has 4 heterocycles. The molecule has 0 radical (unpaired) electrons. The van der Waals surface area contributed by atoms with Gasteiger partial charge < -0.3 is 10.6 Å². The van der Waals surface area contributed by atoms with Crippen LogP contribution in [0.1, 0.15) is 32.6 Å². The number of aromatic nitrogens is 7. The largest absolute Gasteiger partial charge is 0.371 e. The zero-order valence-electron chi connectivity index (χ0n) is 18.3. The molecule has 0 atom stereocenters. The lowest BCUT2D eigenvalue weighted by atomic mass is 9.87. The minimum Gasteiger partial charge on any atom is -0.371 e. The minimum absolute atomic E-state index is 0.156. The maximum atomic E-state index is 15.1. The van der Waals surface area contributed by atoms with E-state index in [9.17, 15) is 8.78 Å². The molecule has 2 N–H and O–H groups in total. The van der Waals surface area contributed by atoms with Crippen LogP contribution in [0, 0.1) is 11.7 Å². The van der Waals surface area contributed by atoms with E-state index in [-0.39, 0.29) is 22.9 Å². The molecule has 0 unspecified atom stereocenters. The Morgan fingerprint density at radius 2 is 1.94 bits per heavy atom. The van der Waals surface area contributed by atoms with E-state index in [1.807, 2.05) is 0 Å². The van der Waals surface area contributed by atoms with Gasteiger partial charge in [0.2, 0.25) is 5.95 Å². The maximum absolute atomic E-state index is 15.1. The number of fused-ring (bicyclic) bond motifs is 2. The quantitative estimate of drug-likeness (QED) is 0.450. The van der Waals surface area contributed by atoms with Gasteiger partial charge in [-0.1, -0.05) is 12.1 Å².